The fourth-order valence-corrected chi connectivity index (χ4v) is 2.53. The van der Waals surface area contributed by atoms with E-state index in [2.05, 4.69) is 27.3 Å². The first-order valence-electron chi connectivity index (χ1n) is 5.80. The third kappa shape index (κ3) is 2.65. The van der Waals surface area contributed by atoms with Crippen LogP contribution in [0.25, 0.3) is 0 Å². The fraction of sp³-hybridized carbons (Fsp3) is 0.143. The smallest absolute Gasteiger partial charge is 0.231 e. The first kappa shape index (κ1) is 12.6. The molecule has 3 rings (SSSR count). The van der Waals surface area contributed by atoms with Gasteiger partial charge in [0.05, 0.1) is 10.7 Å². The van der Waals surface area contributed by atoms with Crippen LogP contribution in [0, 0.1) is 0 Å². The van der Waals surface area contributed by atoms with Crippen molar-refractivity contribution in [1.29, 1.82) is 0 Å². The predicted molar refractivity (Wildman–Crippen MR) is 79.0 cm³/mol. The van der Waals surface area contributed by atoms with Gasteiger partial charge in [0.25, 0.3) is 0 Å². The maximum Gasteiger partial charge on any atom is 0.231 e. The summed E-state index contributed by atoms with van der Waals surface area (Å²) < 4.78 is 11.7. The van der Waals surface area contributed by atoms with E-state index in [-0.39, 0.29) is 6.79 Å². The number of nitrogens with one attached hydrogen (secondary N) is 1. The Bertz CT molecular complexity index is 618. The zero-order valence-corrected chi connectivity index (χ0v) is 12.3. The lowest BCUT2D eigenvalue weighted by molar-refractivity contribution is 0.174. The summed E-state index contributed by atoms with van der Waals surface area (Å²) in [5, 5.41) is 3.92. The van der Waals surface area contributed by atoms with Crippen molar-refractivity contribution in [3.8, 4) is 11.5 Å². The molecule has 0 aliphatic carbocycles. The molecule has 0 radical (unpaired) electrons. The lowest BCUT2D eigenvalue weighted by Gasteiger charge is -2.10. The number of ether oxygens (including phenoxy) is 2. The molecule has 1 N–H and O–H groups in total. The molecule has 5 heteroatoms. The molecule has 1 aliphatic heterocycles. The summed E-state index contributed by atoms with van der Waals surface area (Å²) in [4.78, 5) is 0. The molecule has 19 heavy (non-hydrogen) atoms. The molecule has 0 saturated carbocycles. The van der Waals surface area contributed by atoms with Gasteiger partial charge in [-0.2, -0.15) is 0 Å². The second-order valence-electron chi connectivity index (χ2n) is 4.13. The van der Waals surface area contributed by atoms with Crippen LogP contribution in [0.15, 0.2) is 40.9 Å². The van der Waals surface area contributed by atoms with Crippen molar-refractivity contribution in [2.24, 2.45) is 0 Å². The highest BCUT2D eigenvalue weighted by molar-refractivity contribution is 9.10. The van der Waals surface area contributed by atoms with E-state index in [0.717, 1.165) is 21.5 Å². The maximum absolute atomic E-state index is 6.20. The van der Waals surface area contributed by atoms with E-state index in [1.807, 2.05) is 24.3 Å². The number of hydrogen-bond donors (Lipinski definition) is 1. The van der Waals surface area contributed by atoms with Crippen LogP contribution in [0.5, 0.6) is 11.5 Å². The van der Waals surface area contributed by atoms with E-state index < -0.39 is 0 Å². The SMILES string of the molecule is Clc1cc2c(cc1NCc1ccccc1Br)OCO2. The standard InChI is InChI=1S/C14H11BrClNO2/c15-10-4-2-1-3-9(10)7-17-12-6-14-13(5-11(12)16)18-8-19-14/h1-6,17H,7-8H2. The molecule has 0 saturated heterocycles. The highest BCUT2D eigenvalue weighted by atomic mass is 79.9. The summed E-state index contributed by atoms with van der Waals surface area (Å²) >= 11 is 9.72. The average molecular weight is 341 g/mol. The van der Waals surface area contributed by atoms with E-state index in [1.54, 1.807) is 6.07 Å². The van der Waals surface area contributed by atoms with E-state index >= 15 is 0 Å². The van der Waals surface area contributed by atoms with Crippen LogP contribution in [0.4, 0.5) is 5.69 Å². The molecule has 0 aromatic heterocycles. The molecule has 2 aromatic carbocycles. The van der Waals surface area contributed by atoms with Gasteiger partial charge >= 0.3 is 0 Å². The van der Waals surface area contributed by atoms with Crippen molar-refractivity contribution in [3.63, 3.8) is 0 Å². The van der Waals surface area contributed by atoms with Gasteiger partial charge in [-0.15, -0.1) is 0 Å². The van der Waals surface area contributed by atoms with E-state index in [9.17, 15) is 0 Å². The Labute approximate surface area is 124 Å². The van der Waals surface area contributed by atoms with Crippen LogP contribution in [0.1, 0.15) is 5.56 Å². The first-order valence-corrected chi connectivity index (χ1v) is 6.97. The van der Waals surface area contributed by atoms with Crippen molar-refractivity contribution in [3.05, 3.63) is 51.5 Å². The molecule has 3 nitrogen and oxygen atoms in total. The molecule has 98 valence electrons. The van der Waals surface area contributed by atoms with Gasteiger partial charge in [-0.3, -0.25) is 0 Å². The molecule has 0 fully saturated rings. The lowest BCUT2D eigenvalue weighted by atomic mass is 10.2. The van der Waals surface area contributed by atoms with Crippen LogP contribution < -0.4 is 14.8 Å². The van der Waals surface area contributed by atoms with Gasteiger partial charge in [0.2, 0.25) is 6.79 Å². The molecule has 0 unspecified atom stereocenters. The average Bonchev–Trinajstić information content (AvgIpc) is 2.84. The number of fused-ring (bicyclic) bond motifs is 1. The van der Waals surface area contributed by atoms with Gasteiger partial charge in [0.1, 0.15) is 0 Å². The highest BCUT2D eigenvalue weighted by Gasteiger charge is 2.16. The summed E-state index contributed by atoms with van der Waals surface area (Å²) in [7, 11) is 0. The van der Waals surface area contributed by atoms with Gasteiger partial charge in [0, 0.05) is 23.2 Å². The zero-order chi connectivity index (χ0) is 13.2. The van der Waals surface area contributed by atoms with Gasteiger partial charge in [-0.05, 0) is 11.6 Å². The third-order valence-corrected chi connectivity index (χ3v) is 3.98. The maximum atomic E-state index is 6.20. The van der Waals surface area contributed by atoms with Crippen LogP contribution in [0.2, 0.25) is 5.02 Å². The normalized spacial score (nSPS) is 12.5. The van der Waals surface area contributed by atoms with E-state index in [0.29, 0.717) is 17.3 Å². The molecule has 1 aliphatic rings. The number of hydrogen-bond acceptors (Lipinski definition) is 3. The fourth-order valence-electron chi connectivity index (χ4n) is 1.88. The van der Waals surface area contributed by atoms with E-state index in [1.165, 1.54) is 0 Å². The summed E-state index contributed by atoms with van der Waals surface area (Å²) in [5.74, 6) is 1.41. The summed E-state index contributed by atoms with van der Waals surface area (Å²) in [6.45, 7) is 0.931. The van der Waals surface area contributed by atoms with Crippen LogP contribution in [-0.4, -0.2) is 6.79 Å². The minimum atomic E-state index is 0.249. The van der Waals surface area contributed by atoms with Crippen molar-refractivity contribution in [2.75, 3.05) is 12.1 Å². The summed E-state index contributed by atoms with van der Waals surface area (Å²) in [6.07, 6.45) is 0. The number of rotatable bonds is 3. The topological polar surface area (TPSA) is 30.5 Å². The summed E-state index contributed by atoms with van der Waals surface area (Å²) in [5.41, 5.74) is 2.00. The highest BCUT2D eigenvalue weighted by Crippen LogP contribution is 2.39. The molecular formula is C14H11BrClNO2. The molecule has 0 atom stereocenters. The van der Waals surface area contributed by atoms with Crippen molar-refractivity contribution < 1.29 is 9.47 Å². The Morgan fingerprint density at radius 1 is 1.16 bits per heavy atom. The van der Waals surface area contributed by atoms with Gasteiger partial charge in [0.15, 0.2) is 11.5 Å². The second kappa shape index (κ2) is 5.31. The van der Waals surface area contributed by atoms with Crippen LogP contribution in [-0.2, 0) is 6.54 Å². The zero-order valence-electron chi connectivity index (χ0n) is 9.95. The van der Waals surface area contributed by atoms with Gasteiger partial charge in [-0.25, -0.2) is 0 Å². The Hall–Kier alpha value is -1.39. The molecule has 0 spiro atoms. The second-order valence-corrected chi connectivity index (χ2v) is 5.39. The Morgan fingerprint density at radius 3 is 2.68 bits per heavy atom. The number of anilines is 1. The molecular weight excluding hydrogens is 330 g/mol. The monoisotopic (exact) mass is 339 g/mol. The third-order valence-electron chi connectivity index (χ3n) is 2.89. The largest absolute Gasteiger partial charge is 0.454 e. The van der Waals surface area contributed by atoms with Crippen molar-refractivity contribution >= 4 is 33.2 Å². The quantitative estimate of drug-likeness (QED) is 0.896. The predicted octanol–water partition coefficient (Wildman–Crippen LogP) is 4.44. The van der Waals surface area contributed by atoms with Gasteiger partial charge in [-0.1, -0.05) is 45.7 Å². The Morgan fingerprint density at radius 2 is 1.89 bits per heavy atom. The van der Waals surface area contributed by atoms with Gasteiger partial charge < -0.3 is 14.8 Å². The first-order chi connectivity index (χ1) is 9.24. The molecule has 1 heterocycles. The van der Waals surface area contributed by atoms with Crippen molar-refractivity contribution in [2.45, 2.75) is 6.54 Å². The number of halogens is 2. The summed E-state index contributed by atoms with van der Waals surface area (Å²) in [6, 6.07) is 11.7. The van der Waals surface area contributed by atoms with E-state index in [4.69, 9.17) is 21.1 Å². The minimum Gasteiger partial charge on any atom is -0.454 e. The molecule has 0 bridgehead atoms. The molecule has 2 aromatic rings. The minimum absolute atomic E-state index is 0.249. The van der Waals surface area contributed by atoms with Crippen LogP contribution >= 0.6 is 27.5 Å². The lowest BCUT2D eigenvalue weighted by Crippen LogP contribution is -2.00. The van der Waals surface area contributed by atoms with Crippen molar-refractivity contribution in [1.82, 2.24) is 0 Å². The van der Waals surface area contributed by atoms with Crippen LogP contribution in [0.3, 0.4) is 0 Å². The Kier molecular flexibility index (Phi) is 3.53. The number of benzene rings is 2. The Balaban J connectivity index is 1.79. The molecule has 0 amide bonds.